The number of nitrogens with one attached hydrogen (secondary N) is 1. The van der Waals surface area contributed by atoms with Gasteiger partial charge in [0.1, 0.15) is 23.0 Å². The minimum Gasteiger partial charge on any atom is -0.508 e. The Hall–Kier alpha value is -3.70. The van der Waals surface area contributed by atoms with Gasteiger partial charge in [0.15, 0.2) is 0 Å². The van der Waals surface area contributed by atoms with Crippen molar-refractivity contribution in [2.45, 2.75) is 12.1 Å². The van der Waals surface area contributed by atoms with E-state index in [1.165, 1.54) is 0 Å². The van der Waals surface area contributed by atoms with Crippen molar-refractivity contribution in [1.29, 1.82) is 0 Å². The van der Waals surface area contributed by atoms with Gasteiger partial charge in [0.25, 0.3) is 0 Å². The normalized spacial score (nSPS) is 17.5. The lowest BCUT2D eigenvalue weighted by atomic mass is 9.81. The molecule has 3 N–H and O–H groups in total. The molecule has 1 heterocycles. The number of ether oxygens (including phenoxy) is 2. The van der Waals surface area contributed by atoms with Crippen LogP contribution in [0.25, 0.3) is 10.8 Å². The highest BCUT2D eigenvalue weighted by Crippen LogP contribution is 2.48. The molecule has 0 saturated carbocycles. The third kappa shape index (κ3) is 3.14. The highest BCUT2D eigenvalue weighted by molar-refractivity contribution is 5.95. The number of aromatic hydroxyl groups is 2. The van der Waals surface area contributed by atoms with Gasteiger partial charge in [0.2, 0.25) is 0 Å². The van der Waals surface area contributed by atoms with Crippen molar-refractivity contribution < 1.29 is 19.7 Å². The SMILES string of the molecule is COc1cccc(C2NC(c3cccc(OC)c3)c3c(O)ccc4ccc(O)c2c34)c1. The fourth-order valence-electron chi connectivity index (χ4n) is 4.54. The van der Waals surface area contributed by atoms with Gasteiger partial charge in [0, 0.05) is 11.1 Å². The second-order valence-corrected chi connectivity index (χ2v) is 7.68. The molecule has 5 rings (SSSR count). The van der Waals surface area contributed by atoms with E-state index in [0.29, 0.717) is 0 Å². The van der Waals surface area contributed by atoms with Crippen molar-refractivity contribution >= 4 is 10.8 Å². The standard InChI is InChI=1S/C26H23NO4/c1-30-18-7-3-5-16(13-18)25-23-20(28)11-9-15-10-12-21(29)24(22(15)23)26(27-25)17-6-4-8-19(14-17)31-2/h3-14,25-29H,1-2H3. The van der Waals surface area contributed by atoms with Gasteiger partial charge in [-0.1, -0.05) is 36.4 Å². The zero-order valence-corrected chi connectivity index (χ0v) is 17.3. The van der Waals surface area contributed by atoms with Crippen LogP contribution in [0.15, 0.2) is 72.8 Å². The molecule has 2 atom stereocenters. The van der Waals surface area contributed by atoms with Gasteiger partial charge in [-0.25, -0.2) is 0 Å². The minimum absolute atomic E-state index is 0.184. The predicted octanol–water partition coefficient (Wildman–Crippen LogP) is 5.05. The Morgan fingerprint density at radius 3 is 1.61 bits per heavy atom. The Bertz CT molecular complexity index is 1190. The van der Waals surface area contributed by atoms with Crippen LogP contribution in [0.2, 0.25) is 0 Å². The largest absolute Gasteiger partial charge is 0.508 e. The summed E-state index contributed by atoms with van der Waals surface area (Å²) in [7, 11) is 3.27. The molecule has 1 aliphatic rings. The third-order valence-electron chi connectivity index (χ3n) is 5.99. The number of hydrogen-bond donors (Lipinski definition) is 3. The van der Waals surface area contributed by atoms with E-state index in [2.05, 4.69) is 5.32 Å². The summed E-state index contributed by atoms with van der Waals surface area (Å²) in [5.41, 5.74) is 3.42. The Morgan fingerprint density at radius 1 is 0.677 bits per heavy atom. The van der Waals surface area contributed by atoms with E-state index in [1.807, 2.05) is 60.7 Å². The quantitative estimate of drug-likeness (QED) is 0.437. The number of methoxy groups -OCH3 is 2. The van der Waals surface area contributed by atoms with E-state index in [0.717, 1.165) is 44.5 Å². The summed E-state index contributed by atoms with van der Waals surface area (Å²) in [6.45, 7) is 0. The van der Waals surface area contributed by atoms with Crippen molar-refractivity contribution in [3.05, 3.63) is 95.1 Å². The Morgan fingerprint density at radius 2 is 1.16 bits per heavy atom. The zero-order valence-electron chi connectivity index (χ0n) is 17.3. The zero-order chi connectivity index (χ0) is 21.5. The van der Waals surface area contributed by atoms with E-state index >= 15 is 0 Å². The first kappa shape index (κ1) is 19.3. The molecule has 0 fully saturated rings. The second kappa shape index (κ2) is 7.52. The minimum atomic E-state index is -0.302. The summed E-state index contributed by atoms with van der Waals surface area (Å²) in [5.74, 6) is 1.85. The Labute approximate surface area is 180 Å². The molecule has 0 amide bonds. The number of benzene rings is 4. The van der Waals surface area contributed by atoms with Gasteiger partial charge in [-0.05, 0) is 58.3 Å². The molecule has 4 aromatic carbocycles. The molecule has 0 radical (unpaired) electrons. The number of phenols is 2. The van der Waals surface area contributed by atoms with Crippen molar-refractivity contribution in [2.24, 2.45) is 0 Å². The van der Waals surface area contributed by atoms with E-state index in [4.69, 9.17) is 9.47 Å². The van der Waals surface area contributed by atoms with Crippen LogP contribution in [0.3, 0.4) is 0 Å². The maximum Gasteiger partial charge on any atom is 0.121 e. The molecule has 0 saturated heterocycles. The first-order valence-electron chi connectivity index (χ1n) is 10.1. The molecule has 5 heteroatoms. The lowest BCUT2D eigenvalue weighted by Gasteiger charge is -2.35. The monoisotopic (exact) mass is 413 g/mol. The van der Waals surface area contributed by atoms with Crippen LogP contribution in [-0.4, -0.2) is 24.4 Å². The molecule has 0 aromatic heterocycles. The van der Waals surface area contributed by atoms with E-state index < -0.39 is 0 Å². The Kier molecular flexibility index (Phi) is 4.68. The van der Waals surface area contributed by atoms with Gasteiger partial charge >= 0.3 is 0 Å². The summed E-state index contributed by atoms with van der Waals surface area (Å²) in [4.78, 5) is 0. The summed E-state index contributed by atoms with van der Waals surface area (Å²) in [6, 6.07) is 22.2. The van der Waals surface area contributed by atoms with Gasteiger partial charge in [-0.15, -0.1) is 0 Å². The van der Waals surface area contributed by atoms with E-state index in [-0.39, 0.29) is 23.6 Å². The molecule has 31 heavy (non-hydrogen) atoms. The predicted molar refractivity (Wildman–Crippen MR) is 120 cm³/mol. The third-order valence-corrected chi connectivity index (χ3v) is 5.99. The topological polar surface area (TPSA) is 71.0 Å². The highest BCUT2D eigenvalue weighted by Gasteiger charge is 2.34. The summed E-state index contributed by atoms with van der Waals surface area (Å²) < 4.78 is 10.9. The molecule has 156 valence electrons. The number of rotatable bonds is 4. The van der Waals surface area contributed by atoms with Crippen LogP contribution in [0.1, 0.15) is 34.3 Å². The molecule has 0 spiro atoms. The van der Waals surface area contributed by atoms with E-state index in [1.54, 1.807) is 26.4 Å². The lowest BCUT2D eigenvalue weighted by molar-refractivity contribution is 0.409. The molecule has 1 aliphatic heterocycles. The second-order valence-electron chi connectivity index (χ2n) is 7.68. The molecule has 4 aromatic rings. The van der Waals surface area contributed by atoms with Gasteiger partial charge < -0.3 is 19.7 Å². The Balaban J connectivity index is 1.81. The van der Waals surface area contributed by atoms with Crippen LogP contribution < -0.4 is 14.8 Å². The smallest absolute Gasteiger partial charge is 0.121 e. The van der Waals surface area contributed by atoms with Crippen molar-refractivity contribution in [3.8, 4) is 23.0 Å². The van der Waals surface area contributed by atoms with Crippen LogP contribution in [0.5, 0.6) is 23.0 Å². The fraction of sp³-hybridized carbons (Fsp3) is 0.154. The van der Waals surface area contributed by atoms with Crippen molar-refractivity contribution in [2.75, 3.05) is 14.2 Å². The molecular formula is C26H23NO4. The summed E-state index contributed by atoms with van der Waals surface area (Å²) >= 11 is 0. The number of hydrogen-bond acceptors (Lipinski definition) is 5. The average Bonchev–Trinajstić information content (AvgIpc) is 2.82. The maximum atomic E-state index is 10.9. The molecule has 5 nitrogen and oxygen atoms in total. The van der Waals surface area contributed by atoms with Gasteiger partial charge in [0.05, 0.1) is 26.3 Å². The molecule has 0 aliphatic carbocycles. The summed E-state index contributed by atoms with van der Waals surface area (Å²) in [6.07, 6.45) is 0. The molecule has 0 bridgehead atoms. The maximum absolute atomic E-state index is 10.9. The molecule has 2 unspecified atom stereocenters. The fourth-order valence-corrected chi connectivity index (χ4v) is 4.54. The van der Waals surface area contributed by atoms with Crippen LogP contribution in [0, 0.1) is 0 Å². The first-order chi connectivity index (χ1) is 15.1. The molecular weight excluding hydrogens is 390 g/mol. The van der Waals surface area contributed by atoms with Gasteiger partial charge in [-0.3, -0.25) is 5.32 Å². The van der Waals surface area contributed by atoms with E-state index in [9.17, 15) is 10.2 Å². The first-order valence-corrected chi connectivity index (χ1v) is 10.1. The van der Waals surface area contributed by atoms with Crippen molar-refractivity contribution in [3.63, 3.8) is 0 Å². The van der Waals surface area contributed by atoms with Gasteiger partial charge in [-0.2, -0.15) is 0 Å². The van der Waals surface area contributed by atoms with Crippen molar-refractivity contribution in [1.82, 2.24) is 5.32 Å². The van der Waals surface area contributed by atoms with Crippen LogP contribution >= 0.6 is 0 Å². The highest BCUT2D eigenvalue weighted by atomic mass is 16.5. The van der Waals surface area contributed by atoms with Crippen LogP contribution in [-0.2, 0) is 0 Å². The lowest BCUT2D eigenvalue weighted by Crippen LogP contribution is -2.32. The van der Waals surface area contributed by atoms with Crippen LogP contribution in [0.4, 0.5) is 0 Å². The average molecular weight is 413 g/mol. The summed E-state index contributed by atoms with van der Waals surface area (Å²) in [5, 5.41) is 27.2. The number of phenolic OH excluding ortho intramolecular Hbond substituents is 2.